The van der Waals surface area contributed by atoms with E-state index in [-0.39, 0.29) is 19.5 Å². The quantitative estimate of drug-likeness (QED) is 0.550. The number of carbonyl (C=O) groups excluding carboxylic acids is 1. The summed E-state index contributed by atoms with van der Waals surface area (Å²) in [7, 11) is -1.06. The predicted molar refractivity (Wildman–Crippen MR) is 57.9 cm³/mol. The fraction of sp³-hybridized carbons (Fsp3) is 0.875. The van der Waals surface area contributed by atoms with Crippen LogP contribution in [0.4, 0.5) is 0 Å². The van der Waals surface area contributed by atoms with Crippen molar-refractivity contribution in [1.29, 1.82) is 0 Å². The maximum Gasteiger partial charge on any atom is 0.306 e. The Labute approximate surface area is 95.6 Å². The van der Waals surface area contributed by atoms with Crippen LogP contribution in [0.25, 0.3) is 0 Å². The van der Waals surface area contributed by atoms with Crippen LogP contribution in [0.15, 0.2) is 0 Å². The van der Waals surface area contributed by atoms with Gasteiger partial charge in [-0.3, -0.25) is 4.79 Å². The van der Waals surface area contributed by atoms with Gasteiger partial charge in [-0.25, -0.2) is 0 Å². The molecule has 2 N–H and O–H groups in total. The summed E-state index contributed by atoms with van der Waals surface area (Å²) in [6.07, 6.45) is -0.772. The first-order valence-corrected chi connectivity index (χ1v) is 6.19. The fourth-order valence-corrected chi connectivity index (χ4v) is 1.81. The standard InChI is InChI=1S/C8H18N2O5S/c1-7(11)6-9-16(13,14)10(2)5-4-8(12)15-3/h7,9,11H,4-6H2,1-3H3/t7-/m1/s1. The van der Waals surface area contributed by atoms with E-state index in [1.54, 1.807) is 0 Å². The van der Waals surface area contributed by atoms with Crippen molar-refractivity contribution in [1.82, 2.24) is 9.03 Å². The Kier molecular flexibility index (Phi) is 6.49. The molecular weight excluding hydrogens is 236 g/mol. The molecule has 0 fully saturated rings. The highest BCUT2D eigenvalue weighted by Gasteiger charge is 2.18. The molecular formula is C8H18N2O5S. The average molecular weight is 254 g/mol. The topological polar surface area (TPSA) is 95.9 Å². The molecule has 0 spiro atoms. The number of methoxy groups -OCH3 is 1. The summed E-state index contributed by atoms with van der Waals surface area (Å²) in [4.78, 5) is 10.8. The first-order valence-electron chi connectivity index (χ1n) is 4.75. The number of rotatable bonds is 7. The zero-order chi connectivity index (χ0) is 12.8. The second-order valence-corrected chi connectivity index (χ2v) is 5.21. The molecule has 0 aliphatic rings. The molecule has 8 heteroatoms. The van der Waals surface area contributed by atoms with Crippen molar-refractivity contribution in [2.24, 2.45) is 0 Å². The predicted octanol–water partition coefficient (Wildman–Crippen LogP) is -1.30. The van der Waals surface area contributed by atoms with Crippen LogP contribution in [0.5, 0.6) is 0 Å². The summed E-state index contributed by atoms with van der Waals surface area (Å²) in [6, 6.07) is 0. The van der Waals surface area contributed by atoms with Gasteiger partial charge in [-0.1, -0.05) is 0 Å². The van der Waals surface area contributed by atoms with Crippen molar-refractivity contribution < 1.29 is 23.1 Å². The van der Waals surface area contributed by atoms with E-state index in [1.807, 2.05) is 0 Å². The summed E-state index contributed by atoms with van der Waals surface area (Å²) in [6.45, 7) is 1.43. The SMILES string of the molecule is COC(=O)CCN(C)S(=O)(=O)NC[C@@H](C)O. The minimum atomic E-state index is -3.64. The van der Waals surface area contributed by atoms with Gasteiger partial charge in [0.05, 0.1) is 19.6 Å². The Bertz CT molecular complexity index is 314. The molecule has 96 valence electrons. The molecule has 0 aliphatic carbocycles. The van der Waals surface area contributed by atoms with Gasteiger partial charge in [-0.05, 0) is 6.92 Å². The summed E-state index contributed by atoms with van der Waals surface area (Å²) < 4.78 is 30.6. The molecule has 0 radical (unpaired) electrons. The first-order chi connectivity index (χ1) is 7.29. The third-order valence-electron chi connectivity index (χ3n) is 1.83. The molecule has 0 amide bonds. The lowest BCUT2D eigenvalue weighted by Gasteiger charge is -2.17. The number of aliphatic hydroxyl groups excluding tert-OH is 1. The first kappa shape index (κ1) is 15.3. The molecule has 0 aromatic rings. The molecule has 0 aliphatic heterocycles. The fourth-order valence-electron chi connectivity index (χ4n) is 0.807. The Morgan fingerprint density at radius 3 is 2.56 bits per heavy atom. The van der Waals surface area contributed by atoms with Crippen LogP contribution in [0, 0.1) is 0 Å². The van der Waals surface area contributed by atoms with Crippen molar-refractivity contribution in [2.45, 2.75) is 19.4 Å². The van der Waals surface area contributed by atoms with E-state index in [1.165, 1.54) is 21.1 Å². The van der Waals surface area contributed by atoms with Gasteiger partial charge in [0.15, 0.2) is 0 Å². The van der Waals surface area contributed by atoms with Gasteiger partial charge in [0, 0.05) is 20.1 Å². The molecule has 16 heavy (non-hydrogen) atoms. The molecule has 0 rings (SSSR count). The molecule has 0 aromatic heterocycles. The highest BCUT2D eigenvalue weighted by Crippen LogP contribution is 1.97. The zero-order valence-corrected chi connectivity index (χ0v) is 10.5. The third-order valence-corrected chi connectivity index (χ3v) is 3.36. The maximum atomic E-state index is 11.5. The van der Waals surface area contributed by atoms with Crippen molar-refractivity contribution in [3.63, 3.8) is 0 Å². The van der Waals surface area contributed by atoms with Gasteiger partial charge in [0.25, 0.3) is 10.2 Å². The molecule has 1 atom stereocenters. The van der Waals surface area contributed by atoms with Crippen LogP contribution in [0.3, 0.4) is 0 Å². The normalized spacial score (nSPS) is 13.8. The van der Waals surface area contributed by atoms with Crippen LogP contribution in [-0.2, 0) is 19.7 Å². The average Bonchev–Trinajstić information content (AvgIpc) is 2.22. The minimum absolute atomic E-state index is 0.0113. The number of esters is 1. The van der Waals surface area contributed by atoms with Gasteiger partial charge in [0.2, 0.25) is 0 Å². The monoisotopic (exact) mass is 254 g/mol. The zero-order valence-electron chi connectivity index (χ0n) is 9.63. The van der Waals surface area contributed by atoms with E-state index >= 15 is 0 Å². The molecule has 0 saturated heterocycles. The van der Waals surface area contributed by atoms with E-state index in [0.29, 0.717) is 0 Å². The van der Waals surface area contributed by atoms with E-state index in [0.717, 1.165) is 4.31 Å². The highest BCUT2D eigenvalue weighted by atomic mass is 32.2. The van der Waals surface area contributed by atoms with Crippen LogP contribution in [-0.4, -0.2) is 57.1 Å². The Balaban J connectivity index is 4.14. The Morgan fingerprint density at radius 2 is 2.12 bits per heavy atom. The van der Waals surface area contributed by atoms with Gasteiger partial charge in [-0.2, -0.15) is 17.4 Å². The van der Waals surface area contributed by atoms with E-state index in [2.05, 4.69) is 9.46 Å². The van der Waals surface area contributed by atoms with Crippen LogP contribution in [0.2, 0.25) is 0 Å². The summed E-state index contributed by atoms with van der Waals surface area (Å²) in [5, 5.41) is 8.93. The number of hydrogen-bond donors (Lipinski definition) is 2. The van der Waals surface area contributed by atoms with Crippen molar-refractivity contribution in [2.75, 3.05) is 27.2 Å². The minimum Gasteiger partial charge on any atom is -0.469 e. The lowest BCUT2D eigenvalue weighted by Crippen LogP contribution is -2.41. The highest BCUT2D eigenvalue weighted by molar-refractivity contribution is 7.87. The van der Waals surface area contributed by atoms with E-state index < -0.39 is 22.3 Å². The van der Waals surface area contributed by atoms with Crippen molar-refractivity contribution in [3.8, 4) is 0 Å². The Morgan fingerprint density at radius 1 is 1.56 bits per heavy atom. The van der Waals surface area contributed by atoms with Gasteiger partial charge < -0.3 is 9.84 Å². The molecule has 7 nitrogen and oxygen atoms in total. The lowest BCUT2D eigenvalue weighted by molar-refractivity contribution is -0.140. The summed E-state index contributed by atoms with van der Waals surface area (Å²) in [5.74, 6) is -0.474. The number of carbonyl (C=O) groups is 1. The largest absolute Gasteiger partial charge is 0.469 e. The van der Waals surface area contributed by atoms with Crippen LogP contribution in [0.1, 0.15) is 13.3 Å². The second-order valence-electron chi connectivity index (χ2n) is 3.35. The summed E-state index contributed by atoms with van der Waals surface area (Å²) in [5.41, 5.74) is 0. The van der Waals surface area contributed by atoms with E-state index in [9.17, 15) is 13.2 Å². The number of ether oxygens (including phenoxy) is 1. The number of hydrogen-bond acceptors (Lipinski definition) is 5. The van der Waals surface area contributed by atoms with Gasteiger partial charge >= 0.3 is 5.97 Å². The number of aliphatic hydroxyl groups is 1. The molecule has 0 heterocycles. The van der Waals surface area contributed by atoms with Gasteiger partial charge in [0.1, 0.15) is 0 Å². The Hall–Kier alpha value is -0.700. The number of nitrogens with one attached hydrogen (secondary N) is 1. The smallest absolute Gasteiger partial charge is 0.306 e. The van der Waals surface area contributed by atoms with Crippen LogP contribution >= 0.6 is 0 Å². The van der Waals surface area contributed by atoms with Crippen molar-refractivity contribution >= 4 is 16.2 Å². The van der Waals surface area contributed by atoms with Crippen LogP contribution < -0.4 is 4.72 Å². The maximum absolute atomic E-state index is 11.5. The second kappa shape index (κ2) is 6.79. The molecule has 0 bridgehead atoms. The lowest BCUT2D eigenvalue weighted by atomic mass is 10.4. The van der Waals surface area contributed by atoms with Crippen molar-refractivity contribution in [3.05, 3.63) is 0 Å². The molecule has 0 aromatic carbocycles. The van der Waals surface area contributed by atoms with Gasteiger partial charge in [-0.15, -0.1) is 0 Å². The third kappa shape index (κ3) is 6.01. The summed E-state index contributed by atoms with van der Waals surface area (Å²) >= 11 is 0. The molecule has 0 unspecified atom stereocenters. The van der Waals surface area contributed by atoms with E-state index in [4.69, 9.17) is 5.11 Å². The molecule has 0 saturated carbocycles. The number of nitrogens with zero attached hydrogens (tertiary/aromatic N) is 1.